The van der Waals surface area contributed by atoms with E-state index in [0.717, 1.165) is 11.3 Å². The lowest BCUT2D eigenvalue weighted by atomic mass is 10.2. The van der Waals surface area contributed by atoms with Crippen molar-refractivity contribution in [1.82, 2.24) is 34.8 Å². The van der Waals surface area contributed by atoms with E-state index in [2.05, 4.69) is 30.8 Å². The Labute approximate surface area is 245 Å². The Kier molecular flexibility index (Phi) is 7.47. The van der Waals surface area contributed by atoms with Crippen LogP contribution in [0.5, 0.6) is 17.2 Å². The molecule has 0 radical (unpaired) electrons. The third-order valence-corrected chi connectivity index (χ3v) is 7.06. The van der Waals surface area contributed by atoms with Crippen LogP contribution in [0.4, 0.5) is 16.6 Å². The molecular formula is C29H29N9O5. The zero-order valence-corrected chi connectivity index (χ0v) is 23.4. The molecule has 0 aliphatic carbocycles. The summed E-state index contributed by atoms with van der Waals surface area (Å²) in [7, 11) is 1.62. The van der Waals surface area contributed by atoms with Crippen molar-refractivity contribution in [2.24, 2.45) is 0 Å². The van der Waals surface area contributed by atoms with E-state index in [1.807, 2.05) is 24.3 Å². The van der Waals surface area contributed by atoms with Gasteiger partial charge in [-0.1, -0.05) is 12.1 Å². The lowest BCUT2D eigenvalue weighted by Crippen LogP contribution is -2.30. The van der Waals surface area contributed by atoms with Crippen molar-refractivity contribution in [3.05, 3.63) is 77.7 Å². The number of anilines is 2. The van der Waals surface area contributed by atoms with Crippen molar-refractivity contribution >= 4 is 34.8 Å². The van der Waals surface area contributed by atoms with Gasteiger partial charge in [0, 0.05) is 37.0 Å². The van der Waals surface area contributed by atoms with E-state index in [9.17, 15) is 14.7 Å². The first-order chi connectivity index (χ1) is 20.9. The number of fused-ring (bicyclic) bond motifs is 1. The van der Waals surface area contributed by atoms with Gasteiger partial charge in [-0.3, -0.25) is 10.1 Å². The number of aryl methyl sites for hydroxylation is 1. The third-order valence-electron chi connectivity index (χ3n) is 7.06. The Balaban J connectivity index is 1.28. The lowest BCUT2D eigenvalue weighted by Gasteiger charge is -2.14. The quantitative estimate of drug-likeness (QED) is 0.198. The zero-order valence-electron chi connectivity index (χ0n) is 23.4. The van der Waals surface area contributed by atoms with Gasteiger partial charge in [0.2, 0.25) is 5.95 Å². The Bertz CT molecular complexity index is 1770. The van der Waals surface area contributed by atoms with E-state index in [4.69, 9.17) is 14.6 Å². The molecule has 6 rings (SSSR count). The molecule has 5 aromatic rings. The molecule has 3 aromatic heterocycles. The van der Waals surface area contributed by atoms with Crippen molar-refractivity contribution in [3.8, 4) is 17.2 Å². The molecule has 0 bridgehead atoms. The highest BCUT2D eigenvalue weighted by Crippen LogP contribution is 2.35. The summed E-state index contributed by atoms with van der Waals surface area (Å²) in [6.45, 7) is 2.97. The van der Waals surface area contributed by atoms with Crippen LogP contribution in [-0.2, 0) is 6.54 Å². The largest absolute Gasteiger partial charge is 0.497 e. The Morgan fingerprint density at radius 1 is 1.07 bits per heavy atom. The topological polar surface area (TPSA) is 172 Å². The van der Waals surface area contributed by atoms with Crippen LogP contribution in [0.15, 0.2) is 60.8 Å². The molecule has 0 saturated carbocycles. The molecule has 14 nitrogen and oxygen atoms in total. The van der Waals surface area contributed by atoms with Crippen LogP contribution in [0.1, 0.15) is 28.2 Å². The highest BCUT2D eigenvalue weighted by Gasteiger charge is 2.28. The Morgan fingerprint density at radius 3 is 2.51 bits per heavy atom. The van der Waals surface area contributed by atoms with Crippen molar-refractivity contribution in [3.63, 3.8) is 0 Å². The number of carbonyl (C=O) groups is 2. The molecular weight excluding hydrogens is 554 g/mol. The fourth-order valence-corrected chi connectivity index (χ4v) is 4.90. The van der Waals surface area contributed by atoms with Crippen LogP contribution in [0.25, 0.3) is 11.0 Å². The SMILES string of the molecule is COc1ccc(Cn2nc(NC3CCN(C(=O)O)C3)c3c(Oc4ccc(C(=O)Nc5nnc(C)[nH]5)cc4)ccnc32)cc1. The number of benzene rings is 2. The fraction of sp³-hybridized carbons (Fsp3) is 0.241. The molecule has 220 valence electrons. The number of amides is 2. The molecule has 1 atom stereocenters. The minimum Gasteiger partial charge on any atom is -0.497 e. The van der Waals surface area contributed by atoms with Gasteiger partial charge in [0.1, 0.15) is 28.5 Å². The van der Waals surface area contributed by atoms with E-state index in [1.54, 1.807) is 55.2 Å². The molecule has 43 heavy (non-hydrogen) atoms. The number of methoxy groups -OCH3 is 1. The minimum absolute atomic E-state index is 0.123. The predicted octanol–water partition coefficient (Wildman–Crippen LogP) is 4.12. The molecule has 1 aliphatic rings. The van der Waals surface area contributed by atoms with Crippen LogP contribution in [0.3, 0.4) is 0 Å². The van der Waals surface area contributed by atoms with Gasteiger partial charge in [0.25, 0.3) is 5.91 Å². The average molecular weight is 584 g/mol. The van der Waals surface area contributed by atoms with Crippen LogP contribution >= 0.6 is 0 Å². The van der Waals surface area contributed by atoms with Crippen molar-refractivity contribution in [2.45, 2.75) is 25.9 Å². The van der Waals surface area contributed by atoms with Crippen molar-refractivity contribution in [2.75, 3.05) is 30.8 Å². The number of nitrogens with zero attached hydrogens (tertiary/aromatic N) is 6. The van der Waals surface area contributed by atoms with E-state index in [1.165, 1.54) is 4.90 Å². The van der Waals surface area contributed by atoms with Gasteiger partial charge >= 0.3 is 6.09 Å². The molecule has 1 aliphatic heterocycles. The number of aromatic amines is 1. The summed E-state index contributed by atoms with van der Waals surface area (Å²) in [5.41, 5.74) is 2.01. The number of pyridine rings is 1. The smallest absolute Gasteiger partial charge is 0.407 e. The number of H-pyrrole nitrogens is 1. The maximum atomic E-state index is 12.6. The molecule has 1 unspecified atom stereocenters. The van der Waals surface area contributed by atoms with Gasteiger partial charge in [0.05, 0.1) is 13.7 Å². The number of ether oxygens (including phenoxy) is 2. The normalized spacial score (nSPS) is 14.6. The maximum Gasteiger partial charge on any atom is 0.407 e. The Hall–Kier alpha value is -5.66. The number of hydrogen-bond acceptors (Lipinski definition) is 9. The Morgan fingerprint density at radius 2 is 1.84 bits per heavy atom. The minimum atomic E-state index is -0.946. The second kappa shape index (κ2) is 11.7. The second-order valence-corrected chi connectivity index (χ2v) is 10.1. The van der Waals surface area contributed by atoms with Crippen molar-refractivity contribution < 1.29 is 24.2 Å². The summed E-state index contributed by atoms with van der Waals surface area (Å²) in [6, 6.07) is 16.0. The zero-order chi connectivity index (χ0) is 29.9. The predicted molar refractivity (Wildman–Crippen MR) is 157 cm³/mol. The van der Waals surface area contributed by atoms with Crippen LogP contribution in [-0.4, -0.2) is 78.2 Å². The first kappa shape index (κ1) is 27.5. The molecule has 14 heteroatoms. The van der Waals surface area contributed by atoms with E-state index < -0.39 is 6.09 Å². The lowest BCUT2D eigenvalue weighted by molar-refractivity contribution is 0.102. The van der Waals surface area contributed by atoms with Gasteiger partial charge in [-0.15, -0.1) is 10.2 Å². The van der Waals surface area contributed by atoms with E-state index in [-0.39, 0.29) is 17.9 Å². The standard InChI is InChI=1S/C29H29N9O5/c1-17-31-28(35-34-17)33-27(39)19-5-9-22(10-6-19)43-23-11-13-30-26-24(23)25(32-20-12-14-37(16-20)29(40)41)36-38(26)15-18-3-7-21(42-2)8-4-18/h3-11,13,20H,12,14-16H2,1-2H3,(H,32,36)(H,40,41)(H2,31,33,34,35,39). The highest BCUT2D eigenvalue weighted by atomic mass is 16.5. The molecule has 4 heterocycles. The highest BCUT2D eigenvalue weighted by molar-refractivity contribution is 6.03. The molecule has 0 spiro atoms. The molecule has 1 fully saturated rings. The number of carbonyl (C=O) groups excluding carboxylic acids is 1. The number of nitrogens with one attached hydrogen (secondary N) is 3. The van der Waals surface area contributed by atoms with Gasteiger partial charge in [-0.25, -0.2) is 14.5 Å². The molecule has 4 N–H and O–H groups in total. The number of aromatic nitrogens is 6. The number of hydrogen-bond donors (Lipinski definition) is 4. The monoisotopic (exact) mass is 583 g/mol. The van der Waals surface area contributed by atoms with E-state index >= 15 is 0 Å². The van der Waals surface area contributed by atoms with Crippen LogP contribution in [0.2, 0.25) is 0 Å². The molecule has 2 amide bonds. The third kappa shape index (κ3) is 6.02. The van der Waals surface area contributed by atoms with Gasteiger partial charge in [-0.05, 0) is 55.3 Å². The van der Waals surface area contributed by atoms with Crippen LogP contribution in [0, 0.1) is 6.92 Å². The van der Waals surface area contributed by atoms with E-state index in [0.29, 0.717) is 65.8 Å². The number of carboxylic acid groups (broad SMARTS) is 1. The summed E-state index contributed by atoms with van der Waals surface area (Å²) in [4.78, 5) is 33.0. The summed E-state index contributed by atoms with van der Waals surface area (Å²) >= 11 is 0. The average Bonchev–Trinajstić information content (AvgIpc) is 3.74. The van der Waals surface area contributed by atoms with Gasteiger partial charge in [0.15, 0.2) is 11.5 Å². The first-order valence-corrected chi connectivity index (χ1v) is 13.6. The number of rotatable bonds is 9. The summed E-state index contributed by atoms with van der Waals surface area (Å²) in [5, 5.41) is 28.7. The molecule has 1 saturated heterocycles. The van der Waals surface area contributed by atoms with Gasteiger partial charge < -0.3 is 29.8 Å². The summed E-state index contributed by atoms with van der Waals surface area (Å²) in [5.74, 6) is 2.83. The van der Waals surface area contributed by atoms with Crippen molar-refractivity contribution in [1.29, 1.82) is 0 Å². The van der Waals surface area contributed by atoms with Gasteiger partial charge in [-0.2, -0.15) is 5.10 Å². The number of likely N-dealkylation sites (tertiary alicyclic amines) is 1. The molecule has 2 aromatic carbocycles. The van der Waals surface area contributed by atoms with Crippen LogP contribution < -0.4 is 20.1 Å². The maximum absolute atomic E-state index is 12.6. The fourth-order valence-electron chi connectivity index (χ4n) is 4.90. The first-order valence-electron chi connectivity index (χ1n) is 13.6. The second-order valence-electron chi connectivity index (χ2n) is 10.1. The summed E-state index contributed by atoms with van der Waals surface area (Å²) < 4.78 is 13.4. The summed E-state index contributed by atoms with van der Waals surface area (Å²) in [6.07, 6.45) is 1.35.